The molecule has 1 rings (SSSR count). The lowest BCUT2D eigenvalue weighted by Crippen LogP contribution is -1.91. The van der Waals surface area contributed by atoms with Crippen LogP contribution in [-0.4, -0.2) is 7.11 Å². The lowest BCUT2D eigenvalue weighted by Gasteiger charge is -2.10. The van der Waals surface area contributed by atoms with E-state index in [0.29, 0.717) is 5.02 Å². The Balaban J connectivity index is 2.98. The first-order valence-corrected chi connectivity index (χ1v) is 4.98. The van der Waals surface area contributed by atoms with Crippen LogP contribution in [0.5, 0.6) is 5.75 Å². The van der Waals surface area contributed by atoms with Crippen LogP contribution >= 0.6 is 23.2 Å². The summed E-state index contributed by atoms with van der Waals surface area (Å²) in [6, 6.07) is 5.55. The van der Waals surface area contributed by atoms with Crippen molar-refractivity contribution in [2.75, 3.05) is 7.11 Å². The van der Waals surface area contributed by atoms with Gasteiger partial charge in [0.05, 0.1) is 12.5 Å². The van der Waals surface area contributed by atoms with E-state index in [1.54, 1.807) is 13.2 Å². The van der Waals surface area contributed by atoms with E-state index in [9.17, 15) is 0 Å². The molecule has 0 bridgehead atoms. The zero-order valence-electron chi connectivity index (χ0n) is 7.68. The van der Waals surface area contributed by atoms with Crippen molar-refractivity contribution in [1.82, 2.24) is 0 Å². The van der Waals surface area contributed by atoms with Gasteiger partial charge in [0.25, 0.3) is 0 Å². The summed E-state index contributed by atoms with van der Waals surface area (Å²) in [5, 5.41) is 0.652. The van der Waals surface area contributed by atoms with Gasteiger partial charge in [-0.1, -0.05) is 24.6 Å². The Labute approximate surface area is 88.6 Å². The molecule has 1 nitrogen and oxygen atoms in total. The molecule has 13 heavy (non-hydrogen) atoms. The van der Waals surface area contributed by atoms with Crippen molar-refractivity contribution in [3.63, 3.8) is 0 Å². The number of rotatable bonds is 3. The van der Waals surface area contributed by atoms with Crippen molar-refractivity contribution >= 4 is 23.2 Å². The quantitative estimate of drug-likeness (QED) is 0.697. The van der Waals surface area contributed by atoms with E-state index in [2.05, 4.69) is 0 Å². The highest BCUT2D eigenvalue weighted by Gasteiger charge is 2.09. The zero-order chi connectivity index (χ0) is 9.84. The largest absolute Gasteiger partial charge is 0.497 e. The first-order chi connectivity index (χ1) is 6.19. The minimum atomic E-state index is -0.0154. The van der Waals surface area contributed by atoms with E-state index >= 15 is 0 Å². The Morgan fingerprint density at radius 1 is 1.46 bits per heavy atom. The van der Waals surface area contributed by atoms with Crippen molar-refractivity contribution in [3.05, 3.63) is 28.8 Å². The molecule has 0 aliphatic rings. The van der Waals surface area contributed by atoms with Gasteiger partial charge in [-0.3, -0.25) is 0 Å². The lowest BCUT2D eigenvalue weighted by atomic mass is 10.1. The van der Waals surface area contributed by atoms with Crippen LogP contribution < -0.4 is 4.74 Å². The SMILES string of the molecule is CCC(Cl)c1ccc(OC)cc1Cl. The number of alkyl halides is 1. The van der Waals surface area contributed by atoms with Gasteiger partial charge in [-0.2, -0.15) is 0 Å². The fourth-order valence-corrected chi connectivity index (χ4v) is 1.66. The molecule has 0 aliphatic heterocycles. The highest BCUT2D eigenvalue weighted by molar-refractivity contribution is 6.32. The molecule has 0 amide bonds. The summed E-state index contributed by atoms with van der Waals surface area (Å²) >= 11 is 12.1. The number of halogens is 2. The molecule has 0 aromatic heterocycles. The summed E-state index contributed by atoms with van der Waals surface area (Å²) in [5.74, 6) is 0.758. The Morgan fingerprint density at radius 2 is 2.15 bits per heavy atom. The van der Waals surface area contributed by atoms with E-state index in [4.69, 9.17) is 27.9 Å². The van der Waals surface area contributed by atoms with Gasteiger partial charge in [0.1, 0.15) is 5.75 Å². The summed E-state index contributed by atoms with van der Waals surface area (Å²) in [6.07, 6.45) is 0.869. The predicted octanol–water partition coefficient (Wildman–Crippen LogP) is 4.04. The van der Waals surface area contributed by atoms with E-state index in [-0.39, 0.29) is 5.38 Å². The molecule has 0 spiro atoms. The van der Waals surface area contributed by atoms with Gasteiger partial charge >= 0.3 is 0 Å². The molecular formula is C10H12Cl2O. The van der Waals surface area contributed by atoms with Crippen LogP contribution in [-0.2, 0) is 0 Å². The van der Waals surface area contributed by atoms with Gasteiger partial charge in [-0.15, -0.1) is 11.6 Å². The van der Waals surface area contributed by atoms with Crippen LogP contribution in [0, 0.1) is 0 Å². The van der Waals surface area contributed by atoms with Crippen LogP contribution in [0.3, 0.4) is 0 Å². The third-order valence-corrected chi connectivity index (χ3v) is 2.77. The summed E-state index contributed by atoms with van der Waals surface area (Å²) < 4.78 is 5.04. The third kappa shape index (κ3) is 2.52. The smallest absolute Gasteiger partial charge is 0.120 e. The van der Waals surface area contributed by atoms with Crippen molar-refractivity contribution in [2.24, 2.45) is 0 Å². The zero-order valence-corrected chi connectivity index (χ0v) is 9.19. The summed E-state index contributed by atoms with van der Waals surface area (Å²) in [6.45, 7) is 2.03. The monoisotopic (exact) mass is 218 g/mol. The summed E-state index contributed by atoms with van der Waals surface area (Å²) in [4.78, 5) is 0. The van der Waals surface area contributed by atoms with E-state index in [1.165, 1.54) is 0 Å². The fourth-order valence-electron chi connectivity index (χ4n) is 1.11. The molecule has 0 fully saturated rings. The minimum absolute atomic E-state index is 0.0154. The van der Waals surface area contributed by atoms with Crippen LogP contribution in [0.25, 0.3) is 0 Å². The molecule has 1 aromatic carbocycles. The van der Waals surface area contributed by atoms with E-state index in [0.717, 1.165) is 17.7 Å². The molecule has 0 radical (unpaired) electrons. The molecule has 0 saturated carbocycles. The highest BCUT2D eigenvalue weighted by atomic mass is 35.5. The third-order valence-electron chi connectivity index (χ3n) is 1.90. The second kappa shape index (κ2) is 4.73. The van der Waals surface area contributed by atoms with Gasteiger partial charge in [-0.25, -0.2) is 0 Å². The highest BCUT2D eigenvalue weighted by Crippen LogP contribution is 2.32. The van der Waals surface area contributed by atoms with Crippen molar-refractivity contribution in [2.45, 2.75) is 18.7 Å². The van der Waals surface area contributed by atoms with Crippen molar-refractivity contribution < 1.29 is 4.74 Å². The number of hydrogen-bond acceptors (Lipinski definition) is 1. The van der Waals surface area contributed by atoms with Crippen molar-refractivity contribution in [1.29, 1.82) is 0 Å². The normalized spacial score (nSPS) is 12.6. The minimum Gasteiger partial charge on any atom is -0.497 e. The van der Waals surface area contributed by atoms with Gasteiger partial charge in [0.2, 0.25) is 0 Å². The molecule has 72 valence electrons. The molecule has 0 N–H and O–H groups in total. The van der Waals surface area contributed by atoms with Gasteiger partial charge in [-0.05, 0) is 24.1 Å². The number of hydrogen-bond donors (Lipinski definition) is 0. The Hall–Kier alpha value is -0.400. The molecule has 1 aromatic rings. The average molecular weight is 219 g/mol. The lowest BCUT2D eigenvalue weighted by molar-refractivity contribution is 0.414. The maximum Gasteiger partial charge on any atom is 0.120 e. The van der Waals surface area contributed by atoms with Gasteiger partial charge in [0, 0.05) is 5.02 Å². The second-order valence-electron chi connectivity index (χ2n) is 2.76. The molecule has 0 aliphatic carbocycles. The number of benzene rings is 1. The first-order valence-electron chi connectivity index (χ1n) is 4.16. The van der Waals surface area contributed by atoms with Gasteiger partial charge in [0.15, 0.2) is 0 Å². The first kappa shape index (κ1) is 10.7. The van der Waals surface area contributed by atoms with Crippen LogP contribution in [0.15, 0.2) is 18.2 Å². The van der Waals surface area contributed by atoms with E-state index < -0.39 is 0 Å². The molecule has 0 heterocycles. The topological polar surface area (TPSA) is 9.23 Å². The van der Waals surface area contributed by atoms with Crippen molar-refractivity contribution in [3.8, 4) is 5.75 Å². The molecule has 3 heteroatoms. The fraction of sp³-hybridized carbons (Fsp3) is 0.400. The molecule has 0 saturated heterocycles. The van der Waals surface area contributed by atoms with Crippen LogP contribution in [0.1, 0.15) is 24.3 Å². The Kier molecular flexibility index (Phi) is 3.89. The van der Waals surface area contributed by atoms with Crippen LogP contribution in [0.4, 0.5) is 0 Å². The standard InChI is InChI=1S/C10H12Cl2O/c1-3-9(11)8-5-4-7(13-2)6-10(8)12/h4-6,9H,3H2,1-2H3. The molecule has 1 unspecified atom stereocenters. The average Bonchev–Trinajstić information content (AvgIpc) is 2.16. The molecular weight excluding hydrogens is 207 g/mol. The van der Waals surface area contributed by atoms with Crippen LogP contribution in [0.2, 0.25) is 5.02 Å². The maximum atomic E-state index is 6.07. The number of ether oxygens (including phenoxy) is 1. The second-order valence-corrected chi connectivity index (χ2v) is 3.70. The predicted molar refractivity (Wildman–Crippen MR) is 56.9 cm³/mol. The maximum absolute atomic E-state index is 6.07. The molecule has 1 atom stereocenters. The summed E-state index contributed by atoms with van der Waals surface area (Å²) in [5.41, 5.74) is 0.964. The van der Waals surface area contributed by atoms with Gasteiger partial charge < -0.3 is 4.74 Å². The Morgan fingerprint density at radius 3 is 2.62 bits per heavy atom. The van der Waals surface area contributed by atoms with E-state index in [1.807, 2.05) is 19.1 Å². The Bertz CT molecular complexity index is 286. The summed E-state index contributed by atoms with van der Waals surface area (Å²) in [7, 11) is 1.61. The number of methoxy groups -OCH3 is 1.